The van der Waals surface area contributed by atoms with Crippen LogP contribution in [0.1, 0.15) is 142 Å². The predicted molar refractivity (Wildman–Crippen MR) is 143 cm³/mol. The molecule has 0 spiro atoms. The lowest BCUT2D eigenvalue weighted by Crippen LogP contribution is -2.11. The lowest BCUT2D eigenvalue weighted by atomic mass is 10.0. The lowest BCUT2D eigenvalue weighted by molar-refractivity contribution is 0.305. The molecular formula is C27H58FNO3S. The van der Waals surface area contributed by atoms with Crippen LogP contribution in [0.25, 0.3) is 0 Å². The van der Waals surface area contributed by atoms with Crippen LogP contribution in [0.4, 0.5) is 4.39 Å². The molecule has 0 saturated carbocycles. The van der Waals surface area contributed by atoms with Crippen molar-refractivity contribution in [3.8, 4) is 0 Å². The molecule has 0 aliphatic rings. The number of unbranched alkanes of at least 4 members (excludes halogenated alkanes) is 19. The standard InChI is InChI=1S/C25H51FO3S.C2H7N/c1-2-3-4-5-6-7-8-9-10-11-12-15-18-21-24-29-30(27,28)25-22-19-16-13-14-17-20-23-26;1-3-2/h2-25H2,1H3;3H,1-2H3. The van der Waals surface area contributed by atoms with Crippen LogP contribution in [0.2, 0.25) is 0 Å². The van der Waals surface area contributed by atoms with E-state index in [1.165, 1.54) is 77.0 Å². The van der Waals surface area contributed by atoms with Crippen LogP contribution in [0.5, 0.6) is 0 Å². The quantitative estimate of drug-likeness (QED) is 0.102. The van der Waals surface area contributed by atoms with E-state index < -0.39 is 10.1 Å². The lowest BCUT2D eigenvalue weighted by Gasteiger charge is -2.06. The Kier molecular flexibility index (Phi) is 31.6. The van der Waals surface area contributed by atoms with Gasteiger partial charge in [-0.25, -0.2) is 0 Å². The van der Waals surface area contributed by atoms with E-state index in [0.29, 0.717) is 19.4 Å². The SMILES string of the molecule is CCCCCCCCCCCCCCCCOS(=O)(=O)CCCCCCCCCF.CNC. The Morgan fingerprint density at radius 2 is 0.909 bits per heavy atom. The van der Waals surface area contributed by atoms with E-state index in [1.807, 2.05) is 14.1 Å². The first-order valence-electron chi connectivity index (χ1n) is 14.1. The molecule has 4 nitrogen and oxygen atoms in total. The molecule has 0 aliphatic carbocycles. The first-order chi connectivity index (χ1) is 16.0. The molecule has 0 atom stereocenters. The zero-order chi connectivity index (χ0) is 24.9. The van der Waals surface area contributed by atoms with Gasteiger partial charge in [-0.3, -0.25) is 8.57 Å². The average molecular weight is 496 g/mol. The van der Waals surface area contributed by atoms with Gasteiger partial charge in [0.1, 0.15) is 0 Å². The van der Waals surface area contributed by atoms with Crippen molar-refractivity contribution in [2.45, 2.75) is 142 Å². The monoisotopic (exact) mass is 495 g/mol. The summed E-state index contributed by atoms with van der Waals surface area (Å²) in [5.41, 5.74) is 0. The van der Waals surface area contributed by atoms with Gasteiger partial charge in [-0.05, 0) is 33.4 Å². The summed E-state index contributed by atoms with van der Waals surface area (Å²) in [5.74, 6) is 0.135. The molecule has 0 rings (SSSR count). The zero-order valence-electron chi connectivity index (χ0n) is 22.5. The van der Waals surface area contributed by atoms with Crippen LogP contribution in [0.3, 0.4) is 0 Å². The summed E-state index contributed by atoms with van der Waals surface area (Å²) in [6, 6.07) is 0. The Morgan fingerprint density at radius 3 is 1.30 bits per heavy atom. The van der Waals surface area contributed by atoms with Gasteiger partial charge < -0.3 is 5.32 Å². The van der Waals surface area contributed by atoms with Gasteiger partial charge in [0, 0.05) is 0 Å². The van der Waals surface area contributed by atoms with E-state index in [1.54, 1.807) is 0 Å². The molecule has 0 aromatic carbocycles. The third-order valence-electron chi connectivity index (χ3n) is 5.79. The minimum atomic E-state index is -3.35. The number of halogens is 1. The summed E-state index contributed by atoms with van der Waals surface area (Å²) in [6.45, 7) is 2.37. The minimum absolute atomic E-state index is 0.135. The van der Waals surface area contributed by atoms with Gasteiger partial charge in [0.05, 0.1) is 19.0 Å². The first-order valence-corrected chi connectivity index (χ1v) is 15.6. The Bertz CT molecular complexity index is 447. The Hall–Kier alpha value is -0.200. The van der Waals surface area contributed by atoms with Gasteiger partial charge in [-0.2, -0.15) is 8.42 Å². The van der Waals surface area contributed by atoms with E-state index in [0.717, 1.165) is 44.9 Å². The maximum absolute atomic E-state index is 12.0. The molecule has 0 bridgehead atoms. The van der Waals surface area contributed by atoms with Crippen LogP contribution in [-0.4, -0.2) is 41.5 Å². The molecule has 0 heterocycles. The van der Waals surface area contributed by atoms with Gasteiger partial charge in [-0.15, -0.1) is 0 Å². The number of alkyl halides is 1. The van der Waals surface area contributed by atoms with Gasteiger partial charge in [0.25, 0.3) is 10.1 Å². The molecule has 0 fully saturated rings. The molecule has 1 N–H and O–H groups in total. The summed E-state index contributed by atoms with van der Waals surface area (Å²) in [5, 5.41) is 2.75. The second kappa shape index (κ2) is 29.8. The van der Waals surface area contributed by atoms with Gasteiger partial charge in [0.2, 0.25) is 0 Å². The summed E-state index contributed by atoms with van der Waals surface area (Å²) in [4.78, 5) is 0. The van der Waals surface area contributed by atoms with Crippen molar-refractivity contribution < 1.29 is 17.0 Å². The number of hydrogen-bond donors (Lipinski definition) is 1. The van der Waals surface area contributed by atoms with E-state index in [4.69, 9.17) is 4.18 Å². The fraction of sp³-hybridized carbons (Fsp3) is 1.00. The second-order valence-corrected chi connectivity index (χ2v) is 11.1. The molecule has 0 aromatic rings. The third-order valence-corrected chi connectivity index (χ3v) is 7.10. The number of hydrogen-bond acceptors (Lipinski definition) is 4. The van der Waals surface area contributed by atoms with E-state index in [2.05, 4.69) is 12.2 Å². The highest BCUT2D eigenvalue weighted by Gasteiger charge is 2.10. The molecule has 0 radical (unpaired) electrons. The summed E-state index contributed by atoms with van der Waals surface area (Å²) >= 11 is 0. The Morgan fingerprint density at radius 1 is 0.576 bits per heavy atom. The summed E-state index contributed by atoms with van der Waals surface area (Å²) in [6.07, 6.45) is 24.4. The van der Waals surface area contributed by atoms with Gasteiger partial charge in [0.15, 0.2) is 0 Å². The van der Waals surface area contributed by atoms with Crippen LogP contribution < -0.4 is 5.32 Å². The highest BCUT2D eigenvalue weighted by atomic mass is 32.2. The smallest absolute Gasteiger partial charge is 0.267 e. The van der Waals surface area contributed by atoms with Crippen molar-refractivity contribution in [3.63, 3.8) is 0 Å². The number of nitrogens with one attached hydrogen (secondary N) is 1. The molecule has 0 aliphatic heterocycles. The molecule has 0 aromatic heterocycles. The van der Waals surface area contributed by atoms with E-state index >= 15 is 0 Å². The van der Waals surface area contributed by atoms with Crippen molar-refractivity contribution >= 4 is 10.1 Å². The van der Waals surface area contributed by atoms with Crippen molar-refractivity contribution in [3.05, 3.63) is 0 Å². The largest absolute Gasteiger partial charge is 0.323 e. The van der Waals surface area contributed by atoms with Crippen molar-refractivity contribution in [2.75, 3.05) is 33.1 Å². The second-order valence-electron chi connectivity index (χ2n) is 9.34. The highest BCUT2D eigenvalue weighted by Crippen LogP contribution is 2.13. The van der Waals surface area contributed by atoms with Gasteiger partial charge in [-0.1, -0.05) is 122 Å². The predicted octanol–water partition coefficient (Wildman–Crippen LogP) is 8.35. The normalized spacial score (nSPS) is 11.4. The fourth-order valence-electron chi connectivity index (χ4n) is 3.80. The molecule has 6 heteroatoms. The van der Waals surface area contributed by atoms with E-state index in [9.17, 15) is 12.8 Å². The minimum Gasteiger partial charge on any atom is -0.323 e. The molecule has 0 saturated heterocycles. The maximum Gasteiger partial charge on any atom is 0.267 e. The van der Waals surface area contributed by atoms with Crippen molar-refractivity contribution in [1.82, 2.24) is 5.32 Å². The fourth-order valence-corrected chi connectivity index (χ4v) is 4.85. The number of rotatable bonds is 25. The third kappa shape index (κ3) is 34.0. The topological polar surface area (TPSA) is 55.4 Å². The van der Waals surface area contributed by atoms with Gasteiger partial charge >= 0.3 is 0 Å². The maximum atomic E-state index is 12.0. The Balaban J connectivity index is 0. The highest BCUT2D eigenvalue weighted by molar-refractivity contribution is 7.86. The van der Waals surface area contributed by atoms with Crippen LogP contribution >= 0.6 is 0 Å². The summed E-state index contributed by atoms with van der Waals surface area (Å²) in [7, 11) is 0.400. The zero-order valence-corrected chi connectivity index (χ0v) is 23.3. The molecular weight excluding hydrogens is 437 g/mol. The van der Waals surface area contributed by atoms with Crippen molar-refractivity contribution in [1.29, 1.82) is 0 Å². The molecule has 33 heavy (non-hydrogen) atoms. The molecule has 202 valence electrons. The molecule has 0 unspecified atom stereocenters. The van der Waals surface area contributed by atoms with Crippen LogP contribution in [-0.2, 0) is 14.3 Å². The van der Waals surface area contributed by atoms with E-state index in [-0.39, 0.29) is 12.4 Å². The average Bonchev–Trinajstić information content (AvgIpc) is 2.78. The van der Waals surface area contributed by atoms with Crippen molar-refractivity contribution in [2.24, 2.45) is 0 Å². The van der Waals surface area contributed by atoms with Crippen LogP contribution in [0, 0.1) is 0 Å². The van der Waals surface area contributed by atoms with Crippen LogP contribution in [0.15, 0.2) is 0 Å². The summed E-state index contributed by atoms with van der Waals surface area (Å²) < 4.78 is 40.8. The first kappa shape index (κ1) is 35.0. The Labute approximate surface area is 207 Å². The molecule has 0 amide bonds.